The third kappa shape index (κ3) is 5.01. The molecule has 0 radical (unpaired) electrons. The van der Waals surface area contributed by atoms with Crippen molar-refractivity contribution in [2.45, 2.75) is 38.3 Å². The summed E-state index contributed by atoms with van der Waals surface area (Å²) in [4.78, 5) is 18.7. The summed E-state index contributed by atoms with van der Waals surface area (Å²) in [5.41, 5.74) is -1.72. The standard InChI is InChI=1S/C22H24F2N4O5S/c1-22(2,3)16(27-21(29)30)10-13-12-28(19(18(13)23)15-6-5-8-26-20(15)24)34(31,32)17-11-14(33-4)7-9-25-17/h5-9,11-12,16,27H,10H2,1-4H3,(H,29,30). The smallest absolute Gasteiger partial charge is 0.404 e. The third-order valence-corrected chi connectivity index (χ3v) is 6.79. The first-order valence-electron chi connectivity index (χ1n) is 10.1. The molecular formula is C22H24F2N4O5S. The number of aromatic nitrogens is 3. The van der Waals surface area contributed by atoms with Crippen LogP contribution in [-0.4, -0.2) is 46.7 Å². The van der Waals surface area contributed by atoms with Gasteiger partial charge in [-0.3, -0.25) is 0 Å². The van der Waals surface area contributed by atoms with Gasteiger partial charge in [-0.25, -0.2) is 23.1 Å². The van der Waals surface area contributed by atoms with Crippen molar-refractivity contribution in [3.05, 3.63) is 60.2 Å². The molecule has 2 N–H and O–H groups in total. The van der Waals surface area contributed by atoms with E-state index in [-0.39, 0.29) is 23.3 Å². The zero-order valence-electron chi connectivity index (χ0n) is 18.9. The van der Waals surface area contributed by atoms with Crippen LogP contribution in [0.2, 0.25) is 0 Å². The minimum Gasteiger partial charge on any atom is -0.497 e. The van der Waals surface area contributed by atoms with E-state index in [4.69, 9.17) is 4.74 Å². The summed E-state index contributed by atoms with van der Waals surface area (Å²) in [7, 11) is -3.16. The van der Waals surface area contributed by atoms with Crippen molar-refractivity contribution in [3.63, 3.8) is 0 Å². The molecule has 3 aromatic rings. The molecule has 0 fully saturated rings. The van der Waals surface area contributed by atoms with Gasteiger partial charge >= 0.3 is 6.09 Å². The molecule has 0 spiro atoms. The number of rotatable bonds is 7. The van der Waals surface area contributed by atoms with Gasteiger partial charge in [0.1, 0.15) is 11.4 Å². The minimum atomic E-state index is -4.51. The second-order valence-corrected chi connectivity index (χ2v) is 10.3. The van der Waals surface area contributed by atoms with Crippen LogP contribution in [0, 0.1) is 17.2 Å². The van der Waals surface area contributed by atoms with Crippen molar-refractivity contribution in [2.75, 3.05) is 7.11 Å². The van der Waals surface area contributed by atoms with E-state index in [1.54, 1.807) is 20.8 Å². The van der Waals surface area contributed by atoms with Gasteiger partial charge in [0, 0.05) is 36.3 Å². The second-order valence-electron chi connectivity index (χ2n) is 8.57. The first kappa shape index (κ1) is 25.1. The molecule has 1 amide bonds. The zero-order valence-corrected chi connectivity index (χ0v) is 19.7. The van der Waals surface area contributed by atoms with Gasteiger partial charge in [-0.05, 0) is 30.0 Å². The average Bonchev–Trinajstić information content (AvgIpc) is 3.09. The van der Waals surface area contributed by atoms with Gasteiger partial charge in [0.2, 0.25) is 5.95 Å². The van der Waals surface area contributed by atoms with Crippen molar-refractivity contribution in [2.24, 2.45) is 5.41 Å². The number of amides is 1. The number of pyridine rings is 2. The Kier molecular flexibility index (Phi) is 6.92. The largest absolute Gasteiger partial charge is 0.497 e. The van der Waals surface area contributed by atoms with Crippen molar-refractivity contribution in [1.82, 2.24) is 19.3 Å². The topological polar surface area (TPSA) is 123 Å². The molecule has 9 nitrogen and oxygen atoms in total. The Morgan fingerprint density at radius 2 is 1.94 bits per heavy atom. The first-order valence-corrected chi connectivity index (χ1v) is 11.6. The van der Waals surface area contributed by atoms with Crippen LogP contribution in [0.5, 0.6) is 5.75 Å². The Bertz CT molecular complexity index is 1320. The van der Waals surface area contributed by atoms with Crippen LogP contribution >= 0.6 is 0 Å². The van der Waals surface area contributed by atoms with Gasteiger partial charge in [-0.15, -0.1) is 0 Å². The number of nitrogens with one attached hydrogen (secondary N) is 1. The van der Waals surface area contributed by atoms with Crippen molar-refractivity contribution in [3.8, 4) is 17.0 Å². The fourth-order valence-electron chi connectivity index (χ4n) is 3.35. The summed E-state index contributed by atoms with van der Waals surface area (Å²) in [5.74, 6) is -1.88. The molecule has 34 heavy (non-hydrogen) atoms. The van der Waals surface area contributed by atoms with Gasteiger partial charge < -0.3 is 15.2 Å². The quantitative estimate of drug-likeness (QED) is 0.480. The van der Waals surface area contributed by atoms with Crippen LogP contribution < -0.4 is 10.1 Å². The van der Waals surface area contributed by atoms with Crippen LogP contribution in [0.1, 0.15) is 26.3 Å². The Hall–Kier alpha value is -3.54. The summed E-state index contributed by atoms with van der Waals surface area (Å²) in [6.45, 7) is 5.25. The van der Waals surface area contributed by atoms with Gasteiger partial charge in [0.25, 0.3) is 10.0 Å². The number of hydrogen-bond donors (Lipinski definition) is 2. The molecule has 0 saturated carbocycles. The number of carbonyl (C=O) groups is 1. The van der Waals surface area contributed by atoms with E-state index in [2.05, 4.69) is 15.3 Å². The zero-order chi connectivity index (χ0) is 25.3. The molecule has 0 aliphatic rings. The Balaban J connectivity index is 2.25. The number of methoxy groups -OCH3 is 1. The second kappa shape index (κ2) is 9.37. The fraction of sp³-hybridized carbons (Fsp3) is 0.318. The predicted octanol–water partition coefficient (Wildman–Crippen LogP) is 3.69. The first-order chi connectivity index (χ1) is 15.9. The third-order valence-electron chi connectivity index (χ3n) is 5.23. The van der Waals surface area contributed by atoms with E-state index in [1.807, 2.05) is 0 Å². The SMILES string of the molecule is COc1ccnc(S(=O)(=O)n2cc(CC(NC(=O)O)C(C)(C)C)c(F)c2-c2cccnc2F)c1. The maximum absolute atomic E-state index is 15.7. The van der Waals surface area contributed by atoms with Crippen LogP contribution in [0.4, 0.5) is 13.6 Å². The van der Waals surface area contributed by atoms with Crippen molar-refractivity contribution in [1.29, 1.82) is 0 Å². The lowest BCUT2D eigenvalue weighted by Gasteiger charge is -2.30. The lowest BCUT2D eigenvalue weighted by atomic mass is 9.83. The number of halogens is 2. The molecule has 12 heteroatoms. The van der Waals surface area contributed by atoms with Crippen molar-refractivity contribution >= 4 is 16.1 Å². The monoisotopic (exact) mass is 494 g/mol. The molecule has 1 atom stereocenters. The molecule has 0 saturated heterocycles. The molecule has 3 heterocycles. The summed E-state index contributed by atoms with van der Waals surface area (Å²) in [5, 5.41) is 11.1. The molecule has 0 aliphatic carbocycles. The van der Waals surface area contributed by atoms with Crippen LogP contribution in [0.25, 0.3) is 11.3 Å². The number of nitrogens with zero attached hydrogens (tertiary/aromatic N) is 3. The van der Waals surface area contributed by atoms with Gasteiger partial charge in [0.15, 0.2) is 10.8 Å². The molecule has 0 bridgehead atoms. The number of hydrogen-bond acceptors (Lipinski definition) is 6. The molecule has 1 unspecified atom stereocenters. The molecule has 0 aliphatic heterocycles. The highest BCUT2D eigenvalue weighted by Gasteiger charge is 2.33. The van der Waals surface area contributed by atoms with E-state index in [0.29, 0.717) is 3.97 Å². The molecule has 3 aromatic heterocycles. The van der Waals surface area contributed by atoms with Gasteiger partial charge in [-0.2, -0.15) is 12.8 Å². The summed E-state index contributed by atoms with van der Waals surface area (Å²) >= 11 is 0. The normalized spacial score (nSPS) is 12.9. The summed E-state index contributed by atoms with van der Waals surface area (Å²) in [6, 6.07) is 4.36. The highest BCUT2D eigenvalue weighted by molar-refractivity contribution is 7.90. The Morgan fingerprint density at radius 3 is 2.53 bits per heavy atom. The van der Waals surface area contributed by atoms with Crippen LogP contribution in [-0.2, 0) is 16.4 Å². The molecule has 3 rings (SSSR count). The van der Waals surface area contributed by atoms with Crippen molar-refractivity contribution < 1.29 is 31.8 Å². The highest BCUT2D eigenvalue weighted by atomic mass is 32.2. The predicted molar refractivity (Wildman–Crippen MR) is 119 cm³/mol. The Labute approximate surface area is 195 Å². The van der Waals surface area contributed by atoms with Gasteiger partial charge in [0.05, 0.1) is 12.7 Å². The molecule has 0 aromatic carbocycles. The fourth-order valence-corrected chi connectivity index (χ4v) is 4.69. The van der Waals surface area contributed by atoms with E-state index in [1.165, 1.54) is 31.5 Å². The van der Waals surface area contributed by atoms with E-state index in [0.717, 1.165) is 18.5 Å². The van der Waals surface area contributed by atoms with E-state index in [9.17, 15) is 22.7 Å². The number of carboxylic acid groups (broad SMARTS) is 1. The highest BCUT2D eigenvalue weighted by Crippen LogP contribution is 2.34. The Morgan fingerprint density at radius 1 is 1.24 bits per heavy atom. The lowest BCUT2D eigenvalue weighted by molar-refractivity contribution is 0.174. The van der Waals surface area contributed by atoms with E-state index >= 15 is 4.39 Å². The molecular weight excluding hydrogens is 470 g/mol. The molecule has 182 valence electrons. The number of ether oxygens (including phenoxy) is 1. The summed E-state index contributed by atoms with van der Waals surface area (Å²) in [6.07, 6.45) is 1.87. The van der Waals surface area contributed by atoms with Crippen LogP contribution in [0.3, 0.4) is 0 Å². The van der Waals surface area contributed by atoms with Crippen LogP contribution in [0.15, 0.2) is 47.9 Å². The average molecular weight is 495 g/mol. The maximum Gasteiger partial charge on any atom is 0.404 e. The van der Waals surface area contributed by atoms with E-state index < -0.39 is 50.1 Å². The minimum absolute atomic E-state index is 0.126. The lowest BCUT2D eigenvalue weighted by Crippen LogP contribution is -2.44. The maximum atomic E-state index is 15.7. The summed E-state index contributed by atoms with van der Waals surface area (Å²) < 4.78 is 62.9. The van der Waals surface area contributed by atoms with Gasteiger partial charge in [-0.1, -0.05) is 20.8 Å².